The van der Waals surface area contributed by atoms with Gasteiger partial charge in [0.05, 0.1) is 7.11 Å². The van der Waals surface area contributed by atoms with Gasteiger partial charge >= 0.3 is 0 Å². The van der Waals surface area contributed by atoms with E-state index in [-0.39, 0.29) is 17.9 Å². The predicted octanol–water partition coefficient (Wildman–Crippen LogP) is 4.61. The van der Waals surface area contributed by atoms with Crippen molar-refractivity contribution >= 4 is 11.6 Å². The van der Waals surface area contributed by atoms with E-state index in [9.17, 15) is 4.79 Å². The van der Waals surface area contributed by atoms with Gasteiger partial charge in [-0.3, -0.25) is 4.79 Å². The van der Waals surface area contributed by atoms with Gasteiger partial charge in [-0.15, -0.1) is 0 Å². The highest BCUT2D eigenvalue weighted by atomic mass is 16.5. The number of amides is 1. The summed E-state index contributed by atoms with van der Waals surface area (Å²) in [5.41, 5.74) is 2.21. The van der Waals surface area contributed by atoms with E-state index in [1.165, 1.54) is 5.56 Å². The van der Waals surface area contributed by atoms with Crippen LogP contribution in [0.4, 0.5) is 5.69 Å². The van der Waals surface area contributed by atoms with Crippen molar-refractivity contribution < 1.29 is 9.53 Å². The number of rotatable bonds is 7. The summed E-state index contributed by atoms with van der Waals surface area (Å²) in [6, 6.07) is 18.6. The molecule has 0 bridgehead atoms. The molecule has 1 saturated heterocycles. The molecular formula is C24H32N2O2. The van der Waals surface area contributed by atoms with Crippen LogP contribution in [0.3, 0.4) is 0 Å². The molecule has 2 unspecified atom stereocenters. The minimum atomic E-state index is 0.115. The number of ether oxygens (including phenoxy) is 1. The van der Waals surface area contributed by atoms with Gasteiger partial charge in [0.1, 0.15) is 5.75 Å². The number of carbonyl (C=O) groups excluding carboxylic acids is 1. The molecule has 4 heteroatoms. The normalized spacial score (nSPS) is 17.0. The Morgan fingerprint density at radius 2 is 1.86 bits per heavy atom. The van der Waals surface area contributed by atoms with Gasteiger partial charge in [0.2, 0.25) is 5.91 Å². The van der Waals surface area contributed by atoms with Crippen molar-refractivity contribution in [2.24, 2.45) is 5.92 Å². The summed E-state index contributed by atoms with van der Waals surface area (Å²) < 4.78 is 5.44. The van der Waals surface area contributed by atoms with Crippen molar-refractivity contribution in [3.05, 3.63) is 60.2 Å². The maximum Gasteiger partial charge on any atom is 0.226 e. The van der Waals surface area contributed by atoms with Crippen LogP contribution in [0.1, 0.15) is 44.6 Å². The Morgan fingerprint density at radius 1 is 1.14 bits per heavy atom. The molecule has 1 aliphatic rings. The minimum absolute atomic E-state index is 0.115. The van der Waals surface area contributed by atoms with E-state index in [2.05, 4.69) is 41.4 Å². The number of hydrogen-bond acceptors (Lipinski definition) is 3. The van der Waals surface area contributed by atoms with E-state index >= 15 is 0 Å². The summed E-state index contributed by atoms with van der Waals surface area (Å²) in [5.74, 6) is 1.64. The summed E-state index contributed by atoms with van der Waals surface area (Å²) in [4.78, 5) is 15.3. The molecule has 150 valence electrons. The molecule has 2 aromatic carbocycles. The Morgan fingerprint density at radius 3 is 2.50 bits per heavy atom. The van der Waals surface area contributed by atoms with E-state index < -0.39 is 0 Å². The highest BCUT2D eigenvalue weighted by Gasteiger charge is 2.36. The fraction of sp³-hybridized carbons (Fsp3) is 0.458. The van der Waals surface area contributed by atoms with Crippen LogP contribution < -0.4 is 15.0 Å². The van der Waals surface area contributed by atoms with E-state index in [1.54, 1.807) is 7.11 Å². The van der Waals surface area contributed by atoms with E-state index in [0.717, 1.165) is 37.4 Å². The molecule has 4 nitrogen and oxygen atoms in total. The van der Waals surface area contributed by atoms with Crippen molar-refractivity contribution in [3.8, 4) is 5.75 Å². The van der Waals surface area contributed by atoms with Crippen molar-refractivity contribution in [1.82, 2.24) is 5.32 Å². The maximum absolute atomic E-state index is 13.2. The highest BCUT2D eigenvalue weighted by Crippen LogP contribution is 2.37. The lowest BCUT2D eigenvalue weighted by atomic mass is 9.79. The molecule has 0 radical (unpaired) electrons. The van der Waals surface area contributed by atoms with Crippen LogP contribution in [-0.2, 0) is 4.79 Å². The van der Waals surface area contributed by atoms with E-state index in [4.69, 9.17) is 4.74 Å². The highest BCUT2D eigenvalue weighted by molar-refractivity contribution is 5.94. The number of carbonyl (C=O) groups is 1. The average molecular weight is 381 g/mol. The summed E-state index contributed by atoms with van der Waals surface area (Å²) in [6.07, 6.45) is 2.65. The lowest BCUT2D eigenvalue weighted by Crippen LogP contribution is -2.50. The summed E-state index contributed by atoms with van der Waals surface area (Å²) in [5, 5.41) is 3.47. The Bertz CT molecular complexity index is 756. The van der Waals surface area contributed by atoms with Gasteiger partial charge in [0.15, 0.2) is 0 Å². The molecule has 0 spiro atoms. The number of methoxy groups -OCH3 is 1. The lowest BCUT2D eigenvalue weighted by molar-refractivity contribution is -0.119. The molecule has 1 heterocycles. The van der Waals surface area contributed by atoms with Gasteiger partial charge in [-0.25, -0.2) is 0 Å². The third-order valence-electron chi connectivity index (χ3n) is 5.91. The number of piperidine rings is 1. The van der Waals surface area contributed by atoms with Crippen LogP contribution in [-0.4, -0.2) is 32.1 Å². The smallest absolute Gasteiger partial charge is 0.226 e. The van der Waals surface area contributed by atoms with Crippen LogP contribution in [0.25, 0.3) is 0 Å². The van der Waals surface area contributed by atoms with Gasteiger partial charge in [-0.05, 0) is 49.5 Å². The second kappa shape index (κ2) is 9.74. The molecule has 2 aromatic rings. The third kappa shape index (κ3) is 4.56. The van der Waals surface area contributed by atoms with Gasteiger partial charge < -0.3 is 15.0 Å². The van der Waals surface area contributed by atoms with Crippen molar-refractivity contribution in [3.63, 3.8) is 0 Å². The van der Waals surface area contributed by atoms with E-state index in [1.807, 2.05) is 37.3 Å². The Balaban J connectivity index is 2.06. The van der Waals surface area contributed by atoms with Crippen molar-refractivity contribution in [1.29, 1.82) is 0 Å². The van der Waals surface area contributed by atoms with E-state index in [0.29, 0.717) is 12.3 Å². The zero-order valence-electron chi connectivity index (χ0n) is 17.2. The Kier molecular flexibility index (Phi) is 7.10. The SMILES string of the molecule is CCC(=O)N(c1cccc(OC)c1)C(C1CCNCC1)C(C)c1ccccc1. The van der Waals surface area contributed by atoms with Gasteiger partial charge in [0, 0.05) is 30.1 Å². The fourth-order valence-corrected chi connectivity index (χ4v) is 4.40. The number of nitrogens with one attached hydrogen (secondary N) is 1. The van der Waals surface area contributed by atoms with Crippen molar-refractivity contribution in [2.75, 3.05) is 25.1 Å². The first kappa shape index (κ1) is 20.4. The average Bonchev–Trinajstić information content (AvgIpc) is 2.77. The Labute approximate surface area is 168 Å². The maximum atomic E-state index is 13.2. The molecular weight excluding hydrogens is 348 g/mol. The molecule has 0 saturated carbocycles. The number of hydrogen-bond donors (Lipinski definition) is 1. The molecule has 28 heavy (non-hydrogen) atoms. The van der Waals surface area contributed by atoms with Gasteiger partial charge in [-0.2, -0.15) is 0 Å². The predicted molar refractivity (Wildman–Crippen MR) is 115 cm³/mol. The quantitative estimate of drug-likeness (QED) is 0.763. The summed E-state index contributed by atoms with van der Waals surface area (Å²) in [7, 11) is 1.67. The minimum Gasteiger partial charge on any atom is -0.497 e. The molecule has 3 rings (SSSR count). The monoisotopic (exact) mass is 380 g/mol. The van der Waals surface area contributed by atoms with Crippen LogP contribution in [0.15, 0.2) is 54.6 Å². The van der Waals surface area contributed by atoms with Crippen LogP contribution >= 0.6 is 0 Å². The van der Waals surface area contributed by atoms with Crippen LogP contribution in [0, 0.1) is 5.92 Å². The van der Waals surface area contributed by atoms with Gasteiger partial charge in [0.25, 0.3) is 0 Å². The molecule has 1 fully saturated rings. The molecule has 1 amide bonds. The second-order valence-corrected chi connectivity index (χ2v) is 7.60. The Hall–Kier alpha value is -2.33. The summed E-state index contributed by atoms with van der Waals surface area (Å²) in [6.45, 7) is 6.23. The van der Waals surface area contributed by atoms with Crippen LogP contribution in [0.2, 0.25) is 0 Å². The van der Waals surface area contributed by atoms with Gasteiger partial charge in [-0.1, -0.05) is 50.2 Å². The summed E-state index contributed by atoms with van der Waals surface area (Å²) >= 11 is 0. The largest absolute Gasteiger partial charge is 0.497 e. The number of nitrogens with zero attached hydrogens (tertiary/aromatic N) is 1. The first-order chi connectivity index (χ1) is 13.7. The lowest BCUT2D eigenvalue weighted by Gasteiger charge is -2.42. The molecule has 0 aliphatic carbocycles. The number of benzene rings is 2. The third-order valence-corrected chi connectivity index (χ3v) is 5.91. The fourth-order valence-electron chi connectivity index (χ4n) is 4.40. The van der Waals surface area contributed by atoms with Crippen LogP contribution in [0.5, 0.6) is 5.75 Å². The molecule has 0 aromatic heterocycles. The molecule has 1 aliphatic heterocycles. The topological polar surface area (TPSA) is 41.6 Å². The molecule has 1 N–H and O–H groups in total. The zero-order chi connectivity index (χ0) is 19.9. The van der Waals surface area contributed by atoms with Crippen molar-refractivity contribution in [2.45, 2.75) is 45.1 Å². The number of anilines is 1. The zero-order valence-corrected chi connectivity index (χ0v) is 17.2. The second-order valence-electron chi connectivity index (χ2n) is 7.60. The first-order valence-corrected chi connectivity index (χ1v) is 10.4. The first-order valence-electron chi connectivity index (χ1n) is 10.4. The standard InChI is InChI=1S/C24H32N2O2/c1-4-23(27)26(21-11-8-12-22(17-21)28-3)24(20-13-15-25-16-14-20)18(2)19-9-6-5-7-10-19/h5-12,17-18,20,24-25H,4,13-16H2,1-3H3. The molecule has 2 atom stereocenters.